The zero-order valence-electron chi connectivity index (χ0n) is 36.8. The van der Waals surface area contributed by atoms with Gasteiger partial charge in [0.1, 0.15) is 6.10 Å². The number of aliphatic hydroxyl groups is 2. The van der Waals surface area contributed by atoms with Crippen LogP contribution in [0.1, 0.15) is 220 Å². The third-order valence-electron chi connectivity index (χ3n) is 10.5. The fraction of sp³-hybridized carbons (Fsp3) is 0.760. The van der Waals surface area contributed by atoms with Crippen LogP contribution >= 0.6 is 0 Å². The minimum absolute atomic E-state index is 0.0605. The summed E-state index contributed by atoms with van der Waals surface area (Å²) in [5.74, 6) is -0.522. The fourth-order valence-corrected chi connectivity index (χ4v) is 6.92. The average Bonchev–Trinajstić information content (AvgIpc) is 3.19. The lowest BCUT2D eigenvalue weighted by atomic mass is 10.0. The molecule has 0 aromatic carbocycles. The Hall–Kier alpha value is -2.44. The summed E-state index contributed by atoms with van der Waals surface area (Å²) in [5.41, 5.74) is 0. The summed E-state index contributed by atoms with van der Waals surface area (Å²) in [5, 5.41) is 23.6. The maximum absolute atomic E-state index is 13.1. The van der Waals surface area contributed by atoms with Gasteiger partial charge >= 0.3 is 5.97 Å². The molecular weight excluding hydrogens is 695 g/mol. The summed E-state index contributed by atoms with van der Waals surface area (Å²) in [6.07, 6.45) is 52.7. The number of amides is 1. The molecule has 3 N–H and O–H groups in total. The van der Waals surface area contributed by atoms with Crippen LogP contribution in [0.25, 0.3) is 0 Å². The molecule has 0 radical (unpaired) electrons. The van der Waals surface area contributed by atoms with E-state index in [0.717, 1.165) is 70.6 Å². The first-order valence-electron chi connectivity index (χ1n) is 23.6. The van der Waals surface area contributed by atoms with Crippen LogP contribution in [0.15, 0.2) is 60.8 Å². The number of aliphatic hydroxyl groups excluding tert-OH is 2. The van der Waals surface area contributed by atoms with Gasteiger partial charge in [0, 0.05) is 6.42 Å². The van der Waals surface area contributed by atoms with Gasteiger partial charge in [0.2, 0.25) is 5.91 Å². The van der Waals surface area contributed by atoms with E-state index in [1.54, 1.807) is 0 Å². The van der Waals surface area contributed by atoms with Crippen LogP contribution in [0.3, 0.4) is 0 Å². The minimum atomic E-state index is -0.793. The first kappa shape index (κ1) is 53.6. The SMILES string of the molecule is CC/C=C/C=C/C=C\C=C/C=C/CCCCCC(=O)OC(CCCCCCCCCCCCCC)CC(=O)NC(CO)C(O)CCCCCCCCCCCC. The van der Waals surface area contributed by atoms with Crippen molar-refractivity contribution in [2.45, 2.75) is 238 Å². The summed E-state index contributed by atoms with van der Waals surface area (Å²) in [6.45, 7) is 6.31. The van der Waals surface area contributed by atoms with Crippen LogP contribution in [-0.2, 0) is 14.3 Å². The number of esters is 1. The van der Waals surface area contributed by atoms with Gasteiger partial charge in [0.25, 0.3) is 0 Å². The Bertz CT molecular complexity index is 1010. The van der Waals surface area contributed by atoms with Crippen molar-refractivity contribution in [2.24, 2.45) is 0 Å². The number of allylic oxidation sites excluding steroid dienone is 10. The van der Waals surface area contributed by atoms with Crippen LogP contribution < -0.4 is 5.32 Å². The lowest BCUT2D eigenvalue weighted by molar-refractivity contribution is -0.151. The van der Waals surface area contributed by atoms with E-state index in [1.165, 1.54) is 103 Å². The second kappa shape index (κ2) is 43.7. The molecule has 0 rings (SSSR count). The van der Waals surface area contributed by atoms with Gasteiger partial charge in [0.15, 0.2) is 0 Å². The van der Waals surface area contributed by atoms with Crippen LogP contribution in [-0.4, -0.2) is 46.9 Å². The monoisotopic (exact) mass is 784 g/mol. The Morgan fingerprint density at radius 2 is 0.964 bits per heavy atom. The molecule has 3 unspecified atom stereocenters. The fourth-order valence-electron chi connectivity index (χ4n) is 6.92. The van der Waals surface area contributed by atoms with Crippen LogP contribution in [0.2, 0.25) is 0 Å². The summed E-state index contributed by atoms with van der Waals surface area (Å²) < 4.78 is 5.89. The van der Waals surface area contributed by atoms with E-state index in [0.29, 0.717) is 19.3 Å². The van der Waals surface area contributed by atoms with Crippen molar-refractivity contribution in [1.82, 2.24) is 5.32 Å². The molecule has 0 spiro atoms. The molecule has 6 nitrogen and oxygen atoms in total. The van der Waals surface area contributed by atoms with Crippen molar-refractivity contribution in [2.75, 3.05) is 6.61 Å². The molecule has 0 aromatic rings. The second-order valence-electron chi connectivity index (χ2n) is 15.9. The van der Waals surface area contributed by atoms with Gasteiger partial charge in [-0.25, -0.2) is 0 Å². The van der Waals surface area contributed by atoms with Crippen molar-refractivity contribution in [1.29, 1.82) is 0 Å². The number of nitrogens with one attached hydrogen (secondary N) is 1. The maximum Gasteiger partial charge on any atom is 0.306 e. The van der Waals surface area contributed by atoms with Crippen molar-refractivity contribution in [3.05, 3.63) is 60.8 Å². The Labute approximate surface area is 346 Å². The van der Waals surface area contributed by atoms with E-state index in [-0.39, 0.29) is 24.9 Å². The zero-order chi connectivity index (χ0) is 41.0. The van der Waals surface area contributed by atoms with Gasteiger partial charge < -0.3 is 20.3 Å². The Kier molecular flexibility index (Phi) is 41.8. The highest BCUT2D eigenvalue weighted by molar-refractivity contribution is 5.77. The molecule has 56 heavy (non-hydrogen) atoms. The topological polar surface area (TPSA) is 95.9 Å². The van der Waals surface area contributed by atoms with Crippen molar-refractivity contribution >= 4 is 11.9 Å². The quantitative estimate of drug-likeness (QED) is 0.0326. The summed E-state index contributed by atoms with van der Waals surface area (Å²) in [4.78, 5) is 26.0. The smallest absolute Gasteiger partial charge is 0.306 e. The summed E-state index contributed by atoms with van der Waals surface area (Å²) in [7, 11) is 0. The molecule has 0 saturated heterocycles. The highest BCUT2D eigenvalue weighted by Crippen LogP contribution is 2.18. The van der Waals surface area contributed by atoms with Gasteiger partial charge in [-0.3, -0.25) is 9.59 Å². The Morgan fingerprint density at radius 1 is 0.536 bits per heavy atom. The second-order valence-corrected chi connectivity index (χ2v) is 15.9. The number of ether oxygens (including phenoxy) is 1. The molecule has 0 aliphatic rings. The van der Waals surface area contributed by atoms with E-state index < -0.39 is 18.2 Å². The predicted octanol–water partition coefficient (Wildman–Crippen LogP) is 13.7. The first-order valence-corrected chi connectivity index (χ1v) is 23.6. The first-order chi connectivity index (χ1) is 27.5. The van der Waals surface area contributed by atoms with Crippen LogP contribution in [0.5, 0.6) is 0 Å². The normalized spacial score (nSPS) is 13.9. The predicted molar refractivity (Wildman–Crippen MR) is 241 cm³/mol. The molecule has 0 heterocycles. The molecule has 1 amide bonds. The molecule has 0 bridgehead atoms. The summed E-state index contributed by atoms with van der Waals surface area (Å²) in [6, 6.07) is -0.708. The van der Waals surface area contributed by atoms with Gasteiger partial charge in [-0.1, -0.05) is 223 Å². The van der Waals surface area contributed by atoms with Gasteiger partial charge in [0.05, 0.1) is 25.2 Å². The Balaban J connectivity index is 4.67. The van der Waals surface area contributed by atoms with E-state index in [1.807, 2.05) is 42.5 Å². The van der Waals surface area contributed by atoms with Crippen molar-refractivity contribution in [3.8, 4) is 0 Å². The highest BCUT2D eigenvalue weighted by atomic mass is 16.5. The average molecular weight is 784 g/mol. The molecule has 0 aromatic heterocycles. The lowest BCUT2D eigenvalue weighted by Gasteiger charge is -2.24. The standard InChI is InChI=1S/C50H89NO5/c1-4-7-10-13-16-19-22-24-25-26-28-31-34-37-40-43-50(55)56-46(41-38-35-32-29-27-23-20-17-14-11-8-5-2)44-49(54)51-47(45-52)48(53)42-39-36-33-30-21-18-15-12-9-6-3/h7,10,13,16,19,22,24-26,28,46-48,52-53H,4-6,8-9,11-12,14-15,17-18,20-21,23,27,29-45H2,1-3H3,(H,51,54)/b10-7+,16-13+,22-19-,25-24-,28-26+. The molecule has 324 valence electrons. The lowest BCUT2D eigenvalue weighted by Crippen LogP contribution is -2.46. The molecule has 0 aliphatic carbocycles. The number of hydrogen-bond acceptors (Lipinski definition) is 5. The van der Waals surface area contributed by atoms with Crippen molar-refractivity contribution in [3.63, 3.8) is 0 Å². The zero-order valence-corrected chi connectivity index (χ0v) is 36.8. The largest absolute Gasteiger partial charge is 0.462 e. The van der Waals surface area contributed by atoms with E-state index in [9.17, 15) is 19.8 Å². The number of unbranched alkanes of at least 4 members (excludes halogenated alkanes) is 23. The van der Waals surface area contributed by atoms with Crippen LogP contribution in [0.4, 0.5) is 0 Å². The molecule has 6 heteroatoms. The maximum atomic E-state index is 13.1. The van der Waals surface area contributed by atoms with E-state index >= 15 is 0 Å². The number of carbonyl (C=O) groups is 2. The van der Waals surface area contributed by atoms with Gasteiger partial charge in [-0.05, 0) is 44.9 Å². The molecule has 3 atom stereocenters. The molecular formula is C50H89NO5. The third kappa shape index (κ3) is 38.4. The van der Waals surface area contributed by atoms with E-state index in [4.69, 9.17) is 4.74 Å². The number of rotatable bonds is 41. The minimum Gasteiger partial charge on any atom is -0.462 e. The molecule has 0 aliphatic heterocycles. The Morgan fingerprint density at radius 3 is 1.45 bits per heavy atom. The van der Waals surface area contributed by atoms with Crippen LogP contribution in [0, 0.1) is 0 Å². The van der Waals surface area contributed by atoms with E-state index in [2.05, 4.69) is 44.3 Å². The van der Waals surface area contributed by atoms with Gasteiger partial charge in [-0.2, -0.15) is 0 Å². The highest BCUT2D eigenvalue weighted by Gasteiger charge is 2.24. The molecule has 0 fully saturated rings. The van der Waals surface area contributed by atoms with Crippen molar-refractivity contribution < 1.29 is 24.5 Å². The summed E-state index contributed by atoms with van der Waals surface area (Å²) >= 11 is 0. The third-order valence-corrected chi connectivity index (χ3v) is 10.5. The van der Waals surface area contributed by atoms with Gasteiger partial charge in [-0.15, -0.1) is 0 Å². The number of hydrogen-bond donors (Lipinski definition) is 3. The number of carbonyl (C=O) groups excluding carboxylic acids is 2. The molecule has 0 saturated carbocycles.